The number of Topliss-reactive ketones (excluding diaryl/α,β-unsaturated/α-hetero) is 2. The van der Waals surface area contributed by atoms with Crippen molar-refractivity contribution in [3.63, 3.8) is 0 Å². The second kappa shape index (κ2) is 34.3. The second-order valence-corrected chi connectivity index (χ2v) is 26.4. The van der Waals surface area contributed by atoms with E-state index in [0.29, 0.717) is 54.3 Å². The van der Waals surface area contributed by atoms with Crippen molar-refractivity contribution in [1.29, 1.82) is 0 Å². The number of carboxylic acid groups (broad SMARTS) is 2. The van der Waals surface area contributed by atoms with Gasteiger partial charge in [0.1, 0.15) is 53.3 Å². The van der Waals surface area contributed by atoms with Crippen LogP contribution in [0.25, 0.3) is 32.7 Å². The van der Waals surface area contributed by atoms with Crippen molar-refractivity contribution < 1.29 is 131 Å². The molecule has 0 unspecified atom stereocenters. The fourth-order valence-electron chi connectivity index (χ4n) is 11.5. The monoisotopic (exact) mass is 1610 g/mol. The Bertz CT molecular complexity index is 5710. The van der Waals surface area contributed by atoms with Crippen LogP contribution in [0.4, 0.5) is 92.0 Å². The SMILES string of the molecule is C/C(=C\N[C@@H]1C[C@@H]1F)C(=O)c1cc(F)c(F)c(C)c1F.C/C=C(\C)C(=O)c1cc(F)c(F)c(C)c1F.Cc1c(F)c(F)cc(C(=O)O)c1F.Cc1c(F)c(F)cc2c(=O)c(C(=O)O)cn([C@@H]3C[C@@H]3F)c12.Cc1c(F)c(F)cc2c(=O)c(C(=O)OB(F)F)cn([C@@H]3C[C@@H]3F)c12.Cc1cn([C@@H]2C[C@@H]2F)c2c(C)c(F)c(F)cc2c1=O. The molecule has 15 nitrogen and oxygen atoms in total. The lowest BCUT2D eigenvalue weighted by molar-refractivity contribution is 0.0680. The Morgan fingerprint density at radius 3 is 1.04 bits per heavy atom. The normalized spacial score (nSPS) is 18.4. The van der Waals surface area contributed by atoms with Gasteiger partial charge in [0.2, 0.25) is 10.9 Å². The van der Waals surface area contributed by atoms with Crippen LogP contribution in [0.15, 0.2) is 92.8 Å². The fourth-order valence-corrected chi connectivity index (χ4v) is 11.5. The highest BCUT2D eigenvalue weighted by atomic mass is 19.2. The smallest absolute Gasteiger partial charge is 0.478 e. The average Bonchev–Trinajstić information content (AvgIpc) is 1.73. The maximum atomic E-state index is 13.8. The van der Waals surface area contributed by atoms with Crippen LogP contribution >= 0.6 is 0 Å². The molecular weight excluding hydrogens is 1550 g/mol. The quantitative estimate of drug-likeness (QED) is 0.0323. The van der Waals surface area contributed by atoms with Gasteiger partial charge < -0.3 is 33.9 Å². The third-order valence-corrected chi connectivity index (χ3v) is 18.5. The Morgan fingerprint density at radius 1 is 0.416 bits per heavy atom. The van der Waals surface area contributed by atoms with Crippen molar-refractivity contribution in [3.8, 4) is 0 Å². The first-order chi connectivity index (χ1) is 52.6. The highest BCUT2D eigenvalue weighted by Crippen LogP contribution is 2.44. The minimum atomic E-state index is -3.46. The van der Waals surface area contributed by atoms with Crippen LogP contribution in [0.2, 0.25) is 0 Å². The van der Waals surface area contributed by atoms with Crippen LogP contribution in [0.3, 0.4) is 0 Å². The summed E-state index contributed by atoms with van der Waals surface area (Å²) in [5.41, 5.74) is -6.54. The Balaban J connectivity index is 0.000000172. The van der Waals surface area contributed by atoms with E-state index in [9.17, 15) is 130 Å². The number of aryl methyl sites for hydroxylation is 4. The predicted octanol–water partition coefficient (Wildman–Crippen LogP) is 17.6. The van der Waals surface area contributed by atoms with Gasteiger partial charge in [0.25, 0.3) is 0 Å². The molecule has 8 atom stereocenters. The summed E-state index contributed by atoms with van der Waals surface area (Å²) in [6.45, 7) is 13.1. The molecule has 0 aliphatic heterocycles. The number of alkyl halides is 4. The molecule has 4 saturated carbocycles. The highest BCUT2D eigenvalue weighted by molar-refractivity contribution is 6.38. The maximum absolute atomic E-state index is 13.8. The first-order valence-electron chi connectivity index (χ1n) is 33.3. The molecule has 6 aromatic carbocycles. The standard InChI is InChI=1S/C14H9BF5NO3.C14H13F4NO.C14H10F3NO3.C14H12F3NO.C12H11F3O.C8H5F3O2/c1-5-11(18)9(17)2-6-12(5)21(10-3-8(10)16)4-7(13(6)22)14(23)24-15(19)20;1-6(5-19-11-4-9(11)15)14(20)8-3-10(16)13(18)7(2)12(8)17;1-5-11(17)9(16)2-6-12(5)18(10-3-8(10)15)4-7(13(6)19)14(20)21;1-6-5-18(11-4-9(11)15)13-7(2)12(17)10(16)3-8(13)14(6)19;1-4-6(2)12(16)8-5-9(13)11(15)7(3)10(8)14;1-3-6(10)4(8(12)13)2-5(9)7(3)11/h2,4,8,10H,3H2,1H3;3,5,9,11,19H,4H2,1-2H3;2,4,8,10H,3H2,1H3,(H,20,21);3,5,9,11H,4H2,1-2H3;4-5H,1-3H3;2H,1H3,(H,12,13)/b;6-5+;;;6-4+;/t8-,10+;9-,11+;8-,10+;9-,11+;;/m0000../s1. The zero-order valence-electron chi connectivity index (χ0n) is 60.2. The summed E-state index contributed by atoms with van der Waals surface area (Å²) in [6, 6.07) is 1.40. The third kappa shape index (κ3) is 18.2. The number of aromatic nitrogens is 3. The summed E-state index contributed by atoms with van der Waals surface area (Å²) in [7, 11) is -3.46. The van der Waals surface area contributed by atoms with Gasteiger partial charge in [0.15, 0.2) is 86.8 Å². The van der Waals surface area contributed by atoms with Crippen molar-refractivity contribution in [3.05, 3.63) is 263 Å². The number of pyridine rings is 3. The zero-order chi connectivity index (χ0) is 84.8. The van der Waals surface area contributed by atoms with E-state index < -0.39 is 222 Å². The van der Waals surface area contributed by atoms with Crippen molar-refractivity contribution in [1.82, 2.24) is 19.0 Å². The molecule has 4 aliphatic rings. The molecule has 4 aliphatic carbocycles. The van der Waals surface area contributed by atoms with Crippen LogP contribution in [-0.4, -0.2) is 91.6 Å². The zero-order valence-corrected chi connectivity index (χ0v) is 60.2. The number of benzene rings is 6. The molecule has 0 spiro atoms. The number of ketones is 2. The minimum absolute atomic E-state index is 0.0362. The number of aromatic carboxylic acids is 2. The van der Waals surface area contributed by atoms with E-state index in [1.807, 2.05) is 0 Å². The molecular formula is C76H60BF21N4O11. The Labute approximate surface area is 624 Å². The van der Waals surface area contributed by atoms with E-state index in [2.05, 4.69) is 9.97 Å². The predicted molar refractivity (Wildman–Crippen MR) is 368 cm³/mol. The van der Waals surface area contributed by atoms with E-state index in [4.69, 9.17) is 10.2 Å². The first-order valence-corrected chi connectivity index (χ1v) is 33.3. The number of carbonyl (C=O) groups is 5. The van der Waals surface area contributed by atoms with Crippen LogP contribution in [0.1, 0.15) is 155 Å². The summed E-state index contributed by atoms with van der Waals surface area (Å²) < 4.78 is 284. The summed E-state index contributed by atoms with van der Waals surface area (Å²) in [5, 5.41) is 19.5. The Kier molecular flexibility index (Phi) is 26.4. The third-order valence-electron chi connectivity index (χ3n) is 18.5. The van der Waals surface area contributed by atoms with E-state index in [1.54, 1.807) is 18.4 Å². The largest absolute Gasteiger partial charge is 0.798 e. The van der Waals surface area contributed by atoms with Crippen LogP contribution < -0.4 is 21.6 Å². The molecule has 9 aromatic rings. The molecule has 600 valence electrons. The second-order valence-electron chi connectivity index (χ2n) is 26.4. The number of rotatable bonds is 13. The molecule has 0 amide bonds. The number of nitrogens with one attached hydrogen (secondary N) is 1. The van der Waals surface area contributed by atoms with Gasteiger partial charge in [-0.2, -0.15) is 0 Å². The van der Waals surface area contributed by atoms with Gasteiger partial charge >= 0.3 is 25.4 Å². The van der Waals surface area contributed by atoms with Crippen molar-refractivity contribution >= 4 is 69.7 Å². The van der Waals surface area contributed by atoms with Gasteiger partial charge in [0.05, 0.1) is 57.4 Å². The number of nitrogens with zero attached hydrogens (tertiary/aromatic N) is 3. The van der Waals surface area contributed by atoms with Crippen molar-refractivity contribution in [2.24, 2.45) is 0 Å². The molecule has 3 aromatic heterocycles. The number of carboxylic acids is 2. The van der Waals surface area contributed by atoms with Gasteiger partial charge in [-0.05, 0) is 111 Å². The number of carbonyl (C=O) groups excluding carboxylic acids is 3. The lowest BCUT2D eigenvalue weighted by atomic mass is 10.0. The molecule has 0 radical (unpaired) electrons. The van der Waals surface area contributed by atoms with E-state index in [1.165, 1.54) is 57.7 Å². The van der Waals surface area contributed by atoms with E-state index in [0.717, 1.165) is 43.8 Å². The van der Waals surface area contributed by atoms with Crippen LogP contribution in [-0.2, 0) is 4.65 Å². The number of hydrogen-bond donors (Lipinski definition) is 3. The highest BCUT2D eigenvalue weighted by Gasteiger charge is 2.44. The first kappa shape index (κ1) is 87.2. The number of allylic oxidation sites excluding steroid dienone is 3. The molecule has 3 heterocycles. The molecule has 0 bridgehead atoms. The van der Waals surface area contributed by atoms with Gasteiger partial charge in [-0.25, -0.2) is 106 Å². The number of fused-ring (bicyclic) bond motifs is 3. The Morgan fingerprint density at radius 2 is 0.708 bits per heavy atom. The van der Waals surface area contributed by atoms with Crippen LogP contribution in [0.5, 0.6) is 0 Å². The molecule has 37 heteroatoms. The van der Waals surface area contributed by atoms with Gasteiger partial charge in [-0.15, -0.1) is 0 Å². The molecule has 3 N–H and O–H groups in total. The fraction of sp³-hybridized carbons (Fsp3) is 0.289. The van der Waals surface area contributed by atoms with Gasteiger partial charge in [-0.1, -0.05) is 6.08 Å². The van der Waals surface area contributed by atoms with Crippen molar-refractivity contribution in [2.75, 3.05) is 0 Å². The minimum Gasteiger partial charge on any atom is -0.478 e. The van der Waals surface area contributed by atoms with Crippen LogP contribution in [0, 0.1) is 136 Å². The summed E-state index contributed by atoms with van der Waals surface area (Å²) >= 11 is 0. The average molecular weight is 1620 g/mol. The lowest BCUT2D eigenvalue weighted by Gasteiger charge is -2.15. The van der Waals surface area contributed by atoms with Gasteiger partial charge in [-0.3, -0.25) is 24.0 Å². The summed E-state index contributed by atoms with van der Waals surface area (Å²) in [5.74, 6) is -24.2. The summed E-state index contributed by atoms with van der Waals surface area (Å²) in [6.07, 6.45) is 2.59. The topological polar surface area (TPSA) is 213 Å². The van der Waals surface area contributed by atoms with Gasteiger partial charge in [0, 0.05) is 111 Å². The number of halogens is 21. The van der Waals surface area contributed by atoms with Crippen molar-refractivity contribution in [2.45, 2.75) is 144 Å². The number of hydrogen-bond acceptors (Lipinski definition) is 10. The molecule has 13 rings (SSSR count). The maximum Gasteiger partial charge on any atom is 0.798 e. The molecule has 4 fully saturated rings. The Hall–Kier alpha value is -11.4. The molecule has 0 saturated heterocycles. The van der Waals surface area contributed by atoms with E-state index in [-0.39, 0.29) is 80.0 Å². The molecule has 113 heavy (non-hydrogen) atoms. The summed E-state index contributed by atoms with van der Waals surface area (Å²) in [4.78, 5) is 93.1. The lowest BCUT2D eigenvalue weighted by Crippen LogP contribution is -2.24. The van der Waals surface area contributed by atoms with E-state index >= 15 is 0 Å².